The van der Waals surface area contributed by atoms with Crippen LogP contribution in [0.5, 0.6) is 0 Å². The minimum Gasteiger partial charge on any atom is -0.228 e. The van der Waals surface area contributed by atoms with Gasteiger partial charge in [-0.05, 0) is 59.7 Å². The minimum absolute atomic E-state index is 0.618. The molecule has 0 radical (unpaired) electrons. The summed E-state index contributed by atoms with van der Waals surface area (Å²) in [6, 6.07) is 36.2. The average molecular weight is 567 g/mol. The van der Waals surface area contributed by atoms with Gasteiger partial charge in [-0.1, -0.05) is 86.5 Å². The Morgan fingerprint density at radius 2 is 1.12 bits per heavy atom. The van der Waals surface area contributed by atoms with Crippen LogP contribution in [-0.4, -0.2) is 9.97 Å². The van der Waals surface area contributed by atoms with Gasteiger partial charge in [-0.3, -0.25) is 0 Å². The molecule has 0 N–H and O–H groups in total. The maximum atomic E-state index is 9.16. The van der Waals surface area contributed by atoms with Crippen LogP contribution in [0.3, 0.4) is 0 Å². The molecule has 0 fully saturated rings. The van der Waals surface area contributed by atoms with E-state index >= 15 is 0 Å². The van der Waals surface area contributed by atoms with E-state index in [1.54, 1.807) is 0 Å². The maximum Gasteiger partial charge on any atom is 0.160 e. The van der Waals surface area contributed by atoms with Crippen LogP contribution < -0.4 is 0 Å². The van der Waals surface area contributed by atoms with E-state index in [2.05, 4.69) is 68.3 Å². The summed E-state index contributed by atoms with van der Waals surface area (Å²) in [5.74, 6) is 0.650. The van der Waals surface area contributed by atoms with Crippen molar-refractivity contribution in [2.45, 2.75) is 0 Å². The molecule has 0 aliphatic heterocycles. The lowest BCUT2D eigenvalue weighted by Gasteiger charge is -2.11. The van der Waals surface area contributed by atoms with Crippen LogP contribution in [0, 0.1) is 11.3 Å². The molecule has 0 unspecified atom stereocenters. The van der Waals surface area contributed by atoms with Gasteiger partial charge in [0.25, 0.3) is 0 Å². The first-order chi connectivity index (χ1) is 16.6. The molecule has 1 heterocycles. The number of nitrogens with zero attached hydrogens (tertiary/aromatic N) is 3. The summed E-state index contributed by atoms with van der Waals surface area (Å²) in [4.78, 5) is 9.79. The highest BCUT2D eigenvalue weighted by atomic mass is 79.9. The highest BCUT2D eigenvalue weighted by molar-refractivity contribution is 9.10. The summed E-state index contributed by atoms with van der Waals surface area (Å²) < 4.78 is 2.04. The van der Waals surface area contributed by atoms with Crippen LogP contribution in [0.1, 0.15) is 5.56 Å². The number of rotatable bonds is 4. The van der Waals surface area contributed by atoms with Crippen LogP contribution in [0.2, 0.25) is 0 Å². The van der Waals surface area contributed by atoms with Crippen molar-refractivity contribution in [3.63, 3.8) is 0 Å². The molecule has 5 heteroatoms. The van der Waals surface area contributed by atoms with Crippen LogP contribution in [0.15, 0.2) is 112 Å². The van der Waals surface area contributed by atoms with Crippen molar-refractivity contribution in [2.75, 3.05) is 0 Å². The maximum absolute atomic E-state index is 9.16. The van der Waals surface area contributed by atoms with Crippen LogP contribution >= 0.6 is 31.9 Å². The lowest BCUT2D eigenvalue weighted by molar-refractivity contribution is 1.18. The van der Waals surface area contributed by atoms with Gasteiger partial charge in [0.1, 0.15) is 0 Å². The molecule has 5 rings (SSSR count). The summed E-state index contributed by atoms with van der Waals surface area (Å²) >= 11 is 7.06. The smallest absolute Gasteiger partial charge is 0.160 e. The Balaban J connectivity index is 1.65. The molecule has 34 heavy (non-hydrogen) atoms. The Morgan fingerprint density at radius 3 is 1.79 bits per heavy atom. The standard InChI is InChI=1S/C29H17Br2N3/c30-25-13-11-21(12-14-25)29-33-27(20-9-7-19(18-32)8-10-20)17-28(34-29)24-5-1-3-22(15-24)23-4-2-6-26(31)16-23/h1-17H. The summed E-state index contributed by atoms with van der Waals surface area (Å²) in [7, 11) is 0. The van der Waals surface area contributed by atoms with E-state index in [4.69, 9.17) is 15.2 Å². The van der Waals surface area contributed by atoms with Gasteiger partial charge < -0.3 is 0 Å². The summed E-state index contributed by atoms with van der Waals surface area (Å²) in [6.45, 7) is 0. The van der Waals surface area contributed by atoms with Gasteiger partial charge in [0.2, 0.25) is 0 Å². The van der Waals surface area contributed by atoms with E-state index in [0.717, 1.165) is 48.2 Å². The number of benzene rings is 4. The number of halogens is 2. The van der Waals surface area contributed by atoms with Crippen LogP contribution in [0.25, 0.3) is 45.0 Å². The fourth-order valence-electron chi connectivity index (χ4n) is 3.71. The van der Waals surface area contributed by atoms with Crippen LogP contribution in [-0.2, 0) is 0 Å². The van der Waals surface area contributed by atoms with Gasteiger partial charge in [-0.2, -0.15) is 5.26 Å². The number of hydrogen-bond acceptors (Lipinski definition) is 3. The summed E-state index contributed by atoms with van der Waals surface area (Å²) in [5.41, 5.74) is 7.38. The first-order valence-corrected chi connectivity index (χ1v) is 12.2. The molecule has 0 aliphatic rings. The van der Waals surface area contributed by atoms with E-state index in [-0.39, 0.29) is 0 Å². The van der Waals surface area contributed by atoms with Crippen molar-refractivity contribution in [3.05, 3.63) is 118 Å². The van der Waals surface area contributed by atoms with E-state index in [1.165, 1.54) is 0 Å². The topological polar surface area (TPSA) is 49.6 Å². The SMILES string of the molecule is N#Cc1ccc(-c2cc(-c3cccc(-c4cccc(Br)c4)c3)nc(-c3ccc(Br)cc3)n2)cc1. The molecule has 0 atom stereocenters. The van der Waals surface area contributed by atoms with Gasteiger partial charge in [-0.15, -0.1) is 0 Å². The van der Waals surface area contributed by atoms with Gasteiger partial charge in [0, 0.05) is 25.6 Å². The van der Waals surface area contributed by atoms with E-state index in [0.29, 0.717) is 11.4 Å². The molecular weight excluding hydrogens is 550 g/mol. The third-order valence-electron chi connectivity index (χ3n) is 5.45. The molecule has 5 aromatic rings. The molecule has 0 aliphatic carbocycles. The lowest BCUT2D eigenvalue weighted by atomic mass is 10.0. The molecule has 0 amide bonds. The summed E-state index contributed by atoms with van der Waals surface area (Å²) in [5, 5.41) is 9.16. The summed E-state index contributed by atoms with van der Waals surface area (Å²) in [6.07, 6.45) is 0. The first kappa shape index (κ1) is 22.2. The average Bonchev–Trinajstić information content (AvgIpc) is 2.89. The second-order valence-corrected chi connectivity index (χ2v) is 9.58. The van der Waals surface area contributed by atoms with Gasteiger partial charge in [0.05, 0.1) is 23.0 Å². The molecule has 0 spiro atoms. The van der Waals surface area contributed by atoms with Crippen molar-refractivity contribution < 1.29 is 0 Å². The molecule has 0 saturated heterocycles. The first-order valence-electron chi connectivity index (χ1n) is 10.6. The van der Waals surface area contributed by atoms with E-state index in [9.17, 15) is 0 Å². The fourth-order valence-corrected chi connectivity index (χ4v) is 4.38. The zero-order valence-corrected chi connectivity index (χ0v) is 21.1. The van der Waals surface area contributed by atoms with Crippen molar-refractivity contribution in [1.29, 1.82) is 5.26 Å². The highest BCUT2D eigenvalue weighted by Crippen LogP contribution is 2.31. The molecule has 1 aromatic heterocycles. The Morgan fingerprint density at radius 1 is 0.529 bits per heavy atom. The predicted molar refractivity (Wildman–Crippen MR) is 144 cm³/mol. The molecule has 4 aromatic carbocycles. The second-order valence-electron chi connectivity index (χ2n) is 7.75. The number of nitriles is 1. The quantitative estimate of drug-likeness (QED) is 0.219. The largest absolute Gasteiger partial charge is 0.228 e. The van der Waals surface area contributed by atoms with Crippen molar-refractivity contribution in [1.82, 2.24) is 9.97 Å². The van der Waals surface area contributed by atoms with E-state index in [1.807, 2.05) is 72.8 Å². The van der Waals surface area contributed by atoms with Gasteiger partial charge in [0.15, 0.2) is 5.82 Å². The Kier molecular flexibility index (Phi) is 6.35. The zero-order chi connectivity index (χ0) is 23.5. The minimum atomic E-state index is 0.618. The number of hydrogen-bond donors (Lipinski definition) is 0. The van der Waals surface area contributed by atoms with Crippen molar-refractivity contribution in [3.8, 4) is 51.1 Å². The Bertz CT molecular complexity index is 1520. The fraction of sp³-hybridized carbons (Fsp3) is 0. The Hall–Kier alpha value is -3.59. The molecule has 3 nitrogen and oxygen atoms in total. The molecule has 0 saturated carbocycles. The highest BCUT2D eigenvalue weighted by Gasteiger charge is 2.12. The Labute approximate surface area is 215 Å². The normalized spacial score (nSPS) is 10.6. The van der Waals surface area contributed by atoms with Crippen molar-refractivity contribution >= 4 is 31.9 Å². The van der Waals surface area contributed by atoms with E-state index < -0.39 is 0 Å². The lowest BCUT2D eigenvalue weighted by Crippen LogP contribution is -1.96. The van der Waals surface area contributed by atoms with Crippen molar-refractivity contribution in [2.24, 2.45) is 0 Å². The molecule has 162 valence electrons. The third kappa shape index (κ3) is 4.84. The zero-order valence-electron chi connectivity index (χ0n) is 17.9. The monoisotopic (exact) mass is 565 g/mol. The van der Waals surface area contributed by atoms with Gasteiger partial charge in [-0.25, -0.2) is 9.97 Å². The van der Waals surface area contributed by atoms with Crippen LogP contribution in [0.4, 0.5) is 0 Å². The van der Waals surface area contributed by atoms with Gasteiger partial charge >= 0.3 is 0 Å². The molecule has 0 bridgehead atoms. The third-order valence-corrected chi connectivity index (χ3v) is 6.48. The molecular formula is C29H17Br2N3. The number of aromatic nitrogens is 2. The predicted octanol–water partition coefficient (Wildman–Crippen LogP) is 8.54. The second kappa shape index (κ2) is 9.72.